The van der Waals surface area contributed by atoms with Crippen LogP contribution in [-0.4, -0.2) is 38.4 Å². The molecule has 0 bridgehead atoms. The highest BCUT2D eigenvalue weighted by Crippen LogP contribution is 2.29. The molecule has 0 spiro atoms. The maximum Gasteiger partial charge on any atom is 0.223 e. The molecule has 0 radical (unpaired) electrons. The average molecular weight is 199 g/mol. The molecule has 1 amide bonds. The van der Waals surface area contributed by atoms with Gasteiger partial charge in [-0.15, -0.1) is 0 Å². The first-order chi connectivity index (χ1) is 6.79. The van der Waals surface area contributed by atoms with Gasteiger partial charge in [-0.1, -0.05) is 0 Å². The second kappa shape index (κ2) is 4.28. The molecule has 1 aliphatic heterocycles. The van der Waals surface area contributed by atoms with Crippen LogP contribution in [0, 0.1) is 5.92 Å². The van der Waals surface area contributed by atoms with Gasteiger partial charge in [0, 0.05) is 19.6 Å². The minimum atomic E-state index is 0.167. The number of ether oxygens (including phenoxy) is 2. The van der Waals surface area contributed by atoms with Gasteiger partial charge in [0.2, 0.25) is 5.91 Å². The molecule has 2 fully saturated rings. The molecule has 0 aromatic rings. The number of hydrogen-bond donors (Lipinski definition) is 1. The summed E-state index contributed by atoms with van der Waals surface area (Å²) in [5.74, 6) is 0.342. The van der Waals surface area contributed by atoms with Gasteiger partial charge in [0.15, 0.2) is 0 Å². The van der Waals surface area contributed by atoms with Crippen molar-refractivity contribution < 1.29 is 14.3 Å². The van der Waals surface area contributed by atoms with Gasteiger partial charge in [-0.05, 0) is 19.3 Å². The van der Waals surface area contributed by atoms with Gasteiger partial charge in [0.25, 0.3) is 0 Å². The molecule has 1 saturated carbocycles. The van der Waals surface area contributed by atoms with E-state index in [1.54, 1.807) is 7.11 Å². The van der Waals surface area contributed by atoms with E-state index < -0.39 is 0 Å². The van der Waals surface area contributed by atoms with Gasteiger partial charge in [-0.3, -0.25) is 4.79 Å². The SMILES string of the molecule is COC1CC(C(=O)NC2CCOC2)C1. The molecule has 1 N–H and O–H groups in total. The first kappa shape index (κ1) is 9.93. The number of carbonyl (C=O) groups is 1. The Hall–Kier alpha value is -0.610. The predicted octanol–water partition coefficient (Wildman–Crippen LogP) is 0.316. The topological polar surface area (TPSA) is 47.6 Å². The van der Waals surface area contributed by atoms with Crippen LogP contribution >= 0.6 is 0 Å². The summed E-state index contributed by atoms with van der Waals surface area (Å²) < 4.78 is 10.3. The highest BCUT2D eigenvalue weighted by atomic mass is 16.5. The molecule has 80 valence electrons. The highest BCUT2D eigenvalue weighted by Gasteiger charge is 2.35. The van der Waals surface area contributed by atoms with Crippen molar-refractivity contribution in [2.75, 3.05) is 20.3 Å². The Morgan fingerprint density at radius 3 is 2.86 bits per heavy atom. The van der Waals surface area contributed by atoms with Crippen molar-refractivity contribution in [1.29, 1.82) is 0 Å². The summed E-state index contributed by atoms with van der Waals surface area (Å²) in [5, 5.41) is 3.01. The number of rotatable bonds is 3. The van der Waals surface area contributed by atoms with Crippen LogP contribution in [0.25, 0.3) is 0 Å². The Kier molecular flexibility index (Phi) is 3.03. The first-order valence-corrected chi connectivity index (χ1v) is 5.20. The second-order valence-corrected chi connectivity index (χ2v) is 4.10. The van der Waals surface area contributed by atoms with Crippen molar-refractivity contribution in [3.63, 3.8) is 0 Å². The van der Waals surface area contributed by atoms with Crippen LogP contribution in [0.4, 0.5) is 0 Å². The lowest BCUT2D eigenvalue weighted by atomic mass is 9.81. The third-order valence-electron chi connectivity index (χ3n) is 3.08. The van der Waals surface area contributed by atoms with Crippen LogP contribution in [0.2, 0.25) is 0 Å². The zero-order chi connectivity index (χ0) is 9.97. The molecule has 1 saturated heterocycles. The van der Waals surface area contributed by atoms with Crippen LogP contribution in [-0.2, 0) is 14.3 Å². The molecule has 1 aliphatic carbocycles. The second-order valence-electron chi connectivity index (χ2n) is 4.10. The molecule has 2 rings (SSSR count). The predicted molar refractivity (Wildman–Crippen MR) is 50.9 cm³/mol. The maximum absolute atomic E-state index is 11.6. The smallest absolute Gasteiger partial charge is 0.223 e. The Balaban J connectivity index is 1.69. The van der Waals surface area contributed by atoms with E-state index in [-0.39, 0.29) is 17.9 Å². The maximum atomic E-state index is 11.6. The highest BCUT2D eigenvalue weighted by molar-refractivity contribution is 5.80. The molecule has 0 aromatic heterocycles. The summed E-state index contributed by atoms with van der Waals surface area (Å²) in [5.41, 5.74) is 0. The van der Waals surface area contributed by atoms with Crippen molar-refractivity contribution in [2.24, 2.45) is 5.92 Å². The number of amides is 1. The molecule has 0 aromatic carbocycles. The fraction of sp³-hybridized carbons (Fsp3) is 0.900. The molecular weight excluding hydrogens is 182 g/mol. The molecule has 2 aliphatic rings. The lowest BCUT2D eigenvalue weighted by molar-refractivity contribution is -0.133. The van der Waals surface area contributed by atoms with Crippen molar-refractivity contribution in [3.8, 4) is 0 Å². The third kappa shape index (κ3) is 2.07. The zero-order valence-electron chi connectivity index (χ0n) is 8.49. The average Bonchev–Trinajstić information content (AvgIpc) is 2.54. The Bertz CT molecular complexity index is 207. The summed E-state index contributed by atoms with van der Waals surface area (Å²) in [7, 11) is 1.70. The minimum Gasteiger partial charge on any atom is -0.381 e. The van der Waals surface area contributed by atoms with E-state index in [2.05, 4.69) is 5.32 Å². The van der Waals surface area contributed by atoms with Gasteiger partial charge in [-0.25, -0.2) is 0 Å². The summed E-state index contributed by atoms with van der Waals surface area (Å²) in [6.45, 7) is 1.45. The van der Waals surface area contributed by atoms with Gasteiger partial charge in [-0.2, -0.15) is 0 Å². The van der Waals surface area contributed by atoms with E-state index >= 15 is 0 Å². The fourth-order valence-electron chi connectivity index (χ4n) is 1.94. The molecule has 1 unspecified atom stereocenters. The number of hydrogen-bond acceptors (Lipinski definition) is 3. The molecule has 4 nitrogen and oxygen atoms in total. The Morgan fingerprint density at radius 1 is 1.50 bits per heavy atom. The molecule has 14 heavy (non-hydrogen) atoms. The van der Waals surface area contributed by atoms with Crippen molar-refractivity contribution in [1.82, 2.24) is 5.32 Å². The Labute approximate surface area is 84.0 Å². The van der Waals surface area contributed by atoms with Crippen LogP contribution in [0.15, 0.2) is 0 Å². The van der Waals surface area contributed by atoms with Gasteiger partial charge >= 0.3 is 0 Å². The monoisotopic (exact) mass is 199 g/mol. The lowest BCUT2D eigenvalue weighted by Crippen LogP contribution is -2.45. The van der Waals surface area contributed by atoms with E-state index in [0.717, 1.165) is 25.9 Å². The third-order valence-corrected chi connectivity index (χ3v) is 3.08. The largest absolute Gasteiger partial charge is 0.381 e. The standard InChI is InChI=1S/C10H17NO3/c1-13-9-4-7(5-9)10(12)11-8-2-3-14-6-8/h7-9H,2-6H2,1H3,(H,11,12). The van der Waals surface area contributed by atoms with Crippen LogP contribution in [0.5, 0.6) is 0 Å². The van der Waals surface area contributed by atoms with Gasteiger partial charge in [0.05, 0.1) is 18.8 Å². The van der Waals surface area contributed by atoms with E-state index in [1.165, 1.54) is 0 Å². The van der Waals surface area contributed by atoms with Crippen molar-refractivity contribution >= 4 is 5.91 Å². The van der Waals surface area contributed by atoms with Gasteiger partial charge in [0.1, 0.15) is 0 Å². The van der Waals surface area contributed by atoms with E-state index in [0.29, 0.717) is 12.7 Å². The summed E-state index contributed by atoms with van der Waals surface area (Å²) >= 11 is 0. The van der Waals surface area contributed by atoms with E-state index in [9.17, 15) is 4.79 Å². The summed E-state index contributed by atoms with van der Waals surface area (Å²) in [6.07, 6.45) is 2.99. The normalized spacial score (nSPS) is 36.5. The van der Waals surface area contributed by atoms with Crippen LogP contribution in [0.3, 0.4) is 0 Å². The molecule has 1 atom stereocenters. The van der Waals surface area contributed by atoms with Crippen LogP contribution < -0.4 is 5.32 Å². The molecule has 4 heteroatoms. The Morgan fingerprint density at radius 2 is 2.29 bits per heavy atom. The molecule has 1 heterocycles. The first-order valence-electron chi connectivity index (χ1n) is 5.20. The number of nitrogens with one attached hydrogen (secondary N) is 1. The minimum absolute atomic E-state index is 0.167. The molecular formula is C10H17NO3. The summed E-state index contributed by atoms with van der Waals surface area (Å²) in [6, 6.07) is 0.240. The van der Waals surface area contributed by atoms with Crippen LogP contribution in [0.1, 0.15) is 19.3 Å². The fourth-order valence-corrected chi connectivity index (χ4v) is 1.94. The van der Waals surface area contributed by atoms with Crippen molar-refractivity contribution in [3.05, 3.63) is 0 Å². The number of methoxy groups -OCH3 is 1. The zero-order valence-corrected chi connectivity index (χ0v) is 8.49. The van der Waals surface area contributed by atoms with Crippen molar-refractivity contribution in [2.45, 2.75) is 31.4 Å². The lowest BCUT2D eigenvalue weighted by Gasteiger charge is -2.33. The quantitative estimate of drug-likeness (QED) is 0.712. The number of carbonyl (C=O) groups excluding carboxylic acids is 1. The summed E-state index contributed by atoms with van der Waals surface area (Å²) in [4.78, 5) is 11.6. The van der Waals surface area contributed by atoms with E-state index in [4.69, 9.17) is 9.47 Å². The van der Waals surface area contributed by atoms with E-state index in [1.807, 2.05) is 0 Å². The van der Waals surface area contributed by atoms with Gasteiger partial charge < -0.3 is 14.8 Å².